The topological polar surface area (TPSA) is 103 Å². The van der Waals surface area contributed by atoms with E-state index in [1.807, 2.05) is 42.1 Å². The molecule has 126 valence electrons. The number of hydrogen-bond acceptors (Lipinski definition) is 5. The summed E-state index contributed by atoms with van der Waals surface area (Å²) < 4.78 is 27.4. The zero-order valence-electron chi connectivity index (χ0n) is 13.5. The van der Waals surface area contributed by atoms with Crippen molar-refractivity contribution < 1.29 is 8.42 Å². The Balaban J connectivity index is 2.01. The van der Waals surface area contributed by atoms with Gasteiger partial charge in [-0.05, 0) is 24.6 Å². The number of nitrogen functional groups attached to an aromatic ring is 1. The molecule has 0 bridgehead atoms. The van der Waals surface area contributed by atoms with Gasteiger partial charge < -0.3 is 10.3 Å². The largest absolute Gasteiger partial charge is 0.383 e. The maximum atomic E-state index is 11.6. The zero-order valence-corrected chi connectivity index (χ0v) is 14.3. The first-order valence-electron chi connectivity index (χ1n) is 7.47. The summed E-state index contributed by atoms with van der Waals surface area (Å²) >= 11 is 0. The molecule has 0 spiro atoms. The standard InChI is InChI=1S/C16H19N5O2S/c1-18-24(22,23)7-6-11-4-3-5-12(8-11)13-9-21(2)16-14(13)15(17)19-10-20-16/h3-5,8-10,18H,6-7H2,1-2H3,(H2,17,19,20). The molecule has 2 heterocycles. The van der Waals surface area contributed by atoms with Crippen LogP contribution in [0.3, 0.4) is 0 Å². The van der Waals surface area contributed by atoms with Gasteiger partial charge in [-0.2, -0.15) is 0 Å². The summed E-state index contributed by atoms with van der Waals surface area (Å²) in [6, 6.07) is 7.78. The van der Waals surface area contributed by atoms with Crippen molar-refractivity contribution in [1.82, 2.24) is 19.3 Å². The Morgan fingerprint density at radius 3 is 2.83 bits per heavy atom. The van der Waals surface area contributed by atoms with E-state index in [2.05, 4.69) is 14.7 Å². The van der Waals surface area contributed by atoms with Gasteiger partial charge in [0.15, 0.2) is 0 Å². The molecule has 8 heteroatoms. The number of aryl methyl sites for hydroxylation is 2. The minimum atomic E-state index is -3.23. The summed E-state index contributed by atoms with van der Waals surface area (Å²) in [5, 5.41) is 0.806. The summed E-state index contributed by atoms with van der Waals surface area (Å²) in [7, 11) is 0.0991. The fourth-order valence-corrected chi connectivity index (χ4v) is 3.41. The lowest BCUT2D eigenvalue weighted by molar-refractivity contribution is 0.587. The summed E-state index contributed by atoms with van der Waals surface area (Å²) in [6.07, 6.45) is 3.84. The van der Waals surface area contributed by atoms with Gasteiger partial charge in [0, 0.05) is 18.8 Å². The lowest BCUT2D eigenvalue weighted by atomic mass is 10.0. The number of rotatable bonds is 5. The molecule has 0 aliphatic carbocycles. The molecule has 3 rings (SSSR count). The Morgan fingerprint density at radius 2 is 2.08 bits per heavy atom. The molecule has 0 aliphatic heterocycles. The quantitative estimate of drug-likeness (QED) is 0.726. The van der Waals surface area contributed by atoms with Crippen LogP contribution in [0.15, 0.2) is 36.8 Å². The van der Waals surface area contributed by atoms with Gasteiger partial charge in [-0.25, -0.2) is 23.1 Å². The number of aromatic nitrogens is 3. The van der Waals surface area contributed by atoms with Crippen LogP contribution in [0.4, 0.5) is 5.82 Å². The van der Waals surface area contributed by atoms with Crippen molar-refractivity contribution in [3.8, 4) is 11.1 Å². The minimum absolute atomic E-state index is 0.0493. The second kappa shape index (κ2) is 6.21. The number of nitrogens with two attached hydrogens (primary N) is 1. The van der Waals surface area contributed by atoms with Gasteiger partial charge in [-0.3, -0.25) is 0 Å². The van der Waals surface area contributed by atoms with E-state index < -0.39 is 10.0 Å². The van der Waals surface area contributed by atoms with Crippen LogP contribution in [-0.4, -0.2) is 35.8 Å². The monoisotopic (exact) mass is 345 g/mol. The Labute approximate surface area is 140 Å². The van der Waals surface area contributed by atoms with Crippen LogP contribution >= 0.6 is 0 Å². The van der Waals surface area contributed by atoms with E-state index in [0.717, 1.165) is 27.7 Å². The third-order valence-electron chi connectivity index (χ3n) is 3.99. The lowest BCUT2D eigenvalue weighted by Crippen LogP contribution is -2.23. The third kappa shape index (κ3) is 3.10. The van der Waals surface area contributed by atoms with E-state index in [1.54, 1.807) is 0 Å². The molecular formula is C16H19N5O2S. The highest BCUT2D eigenvalue weighted by Crippen LogP contribution is 2.32. The van der Waals surface area contributed by atoms with Crippen molar-refractivity contribution >= 4 is 26.9 Å². The molecule has 0 unspecified atom stereocenters. The van der Waals surface area contributed by atoms with Crippen LogP contribution in [0.5, 0.6) is 0 Å². The Morgan fingerprint density at radius 1 is 1.29 bits per heavy atom. The number of hydrogen-bond donors (Lipinski definition) is 2. The molecule has 0 fully saturated rings. The highest BCUT2D eigenvalue weighted by molar-refractivity contribution is 7.89. The number of nitrogens with zero attached hydrogens (tertiary/aromatic N) is 3. The Hall–Kier alpha value is -2.45. The van der Waals surface area contributed by atoms with E-state index in [0.29, 0.717) is 12.2 Å². The van der Waals surface area contributed by atoms with Crippen molar-refractivity contribution in [3.05, 3.63) is 42.4 Å². The van der Waals surface area contributed by atoms with E-state index >= 15 is 0 Å². The third-order valence-corrected chi connectivity index (χ3v) is 5.35. The van der Waals surface area contributed by atoms with Crippen LogP contribution in [-0.2, 0) is 23.5 Å². The van der Waals surface area contributed by atoms with Crippen LogP contribution in [0.1, 0.15) is 5.56 Å². The van der Waals surface area contributed by atoms with Crippen LogP contribution in [0.2, 0.25) is 0 Å². The van der Waals surface area contributed by atoms with Crippen molar-refractivity contribution in [3.63, 3.8) is 0 Å². The van der Waals surface area contributed by atoms with Crippen LogP contribution in [0.25, 0.3) is 22.2 Å². The fraction of sp³-hybridized carbons (Fsp3) is 0.250. The summed E-state index contributed by atoms with van der Waals surface area (Å²) in [5.74, 6) is 0.479. The molecule has 0 aliphatic rings. The molecule has 2 aromatic heterocycles. The van der Waals surface area contributed by atoms with Gasteiger partial charge in [-0.1, -0.05) is 24.3 Å². The SMILES string of the molecule is CNS(=O)(=O)CCc1cccc(-c2cn(C)c3ncnc(N)c23)c1. The predicted molar refractivity (Wildman–Crippen MR) is 94.9 cm³/mol. The van der Waals surface area contributed by atoms with Gasteiger partial charge in [-0.15, -0.1) is 0 Å². The minimum Gasteiger partial charge on any atom is -0.383 e. The predicted octanol–water partition coefficient (Wildman–Crippen LogP) is 1.31. The molecular weight excluding hydrogens is 326 g/mol. The van der Waals surface area contributed by atoms with Crippen molar-refractivity contribution in [1.29, 1.82) is 0 Å². The number of fused-ring (bicyclic) bond motifs is 1. The van der Waals surface area contributed by atoms with Crippen molar-refractivity contribution in [2.75, 3.05) is 18.5 Å². The molecule has 3 N–H and O–H groups in total. The van der Waals surface area contributed by atoms with E-state index in [9.17, 15) is 8.42 Å². The second-order valence-electron chi connectivity index (χ2n) is 5.58. The smallest absolute Gasteiger partial charge is 0.211 e. The number of anilines is 1. The molecule has 0 radical (unpaired) electrons. The van der Waals surface area contributed by atoms with Crippen LogP contribution < -0.4 is 10.5 Å². The van der Waals surface area contributed by atoms with Crippen molar-refractivity contribution in [2.24, 2.45) is 7.05 Å². The van der Waals surface area contributed by atoms with Gasteiger partial charge in [0.1, 0.15) is 17.8 Å². The summed E-state index contributed by atoms with van der Waals surface area (Å²) in [5.41, 5.74) is 9.63. The average Bonchev–Trinajstić information content (AvgIpc) is 2.92. The molecule has 3 aromatic rings. The Kier molecular flexibility index (Phi) is 4.25. The normalized spacial score (nSPS) is 11.9. The molecule has 0 saturated carbocycles. The first-order chi connectivity index (χ1) is 11.4. The molecule has 0 saturated heterocycles. The summed E-state index contributed by atoms with van der Waals surface area (Å²) in [4.78, 5) is 8.35. The fourth-order valence-electron chi connectivity index (χ4n) is 2.70. The maximum Gasteiger partial charge on any atom is 0.211 e. The zero-order chi connectivity index (χ0) is 17.3. The average molecular weight is 345 g/mol. The first-order valence-corrected chi connectivity index (χ1v) is 9.12. The van der Waals surface area contributed by atoms with E-state index in [4.69, 9.17) is 5.73 Å². The number of benzene rings is 1. The molecule has 24 heavy (non-hydrogen) atoms. The van der Waals surface area contributed by atoms with Gasteiger partial charge in [0.2, 0.25) is 10.0 Å². The van der Waals surface area contributed by atoms with Gasteiger partial charge in [0.25, 0.3) is 0 Å². The molecule has 0 atom stereocenters. The molecule has 0 amide bonds. The highest BCUT2D eigenvalue weighted by Gasteiger charge is 2.14. The van der Waals surface area contributed by atoms with Gasteiger partial charge in [0.05, 0.1) is 11.1 Å². The van der Waals surface area contributed by atoms with Gasteiger partial charge >= 0.3 is 0 Å². The molecule has 1 aromatic carbocycles. The highest BCUT2D eigenvalue weighted by atomic mass is 32.2. The number of nitrogens with one attached hydrogen (secondary N) is 1. The first kappa shape index (κ1) is 16.4. The second-order valence-corrected chi connectivity index (χ2v) is 7.63. The van der Waals surface area contributed by atoms with E-state index in [1.165, 1.54) is 13.4 Å². The van der Waals surface area contributed by atoms with Crippen LogP contribution in [0, 0.1) is 0 Å². The Bertz CT molecular complexity index is 995. The molecule has 7 nitrogen and oxygen atoms in total. The lowest BCUT2D eigenvalue weighted by Gasteiger charge is -2.06. The number of sulfonamides is 1. The van der Waals surface area contributed by atoms with Crippen molar-refractivity contribution in [2.45, 2.75) is 6.42 Å². The maximum absolute atomic E-state index is 11.6. The van der Waals surface area contributed by atoms with E-state index in [-0.39, 0.29) is 5.75 Å². The summed E-state index contributed by atoms with van der Waals surface area (Å²) in [6.45, 7) is 0.